The maximum atomic E-state index is 10.5. The van der Waals surface area contributed by atoms with Gasteiger partial charge in [-0.2, -0.15) is 0 Å². The fraction of sp³-hybridized carbons (Fsp3) is 0.250. The Morgan fingerprint density at radius 1 is 1.50 bits per heavy atom. The van der Waals surface area contributed by atoms with Gasteiger partial charge in [0, 0.05) is 6.92 Å². The molecule has 86 valence electrons. The van der Waals surface area contributed by atoms with Gasteiger partial charge in [-0.3, -0.25) is 4.79 Å². The summed E-state index contributed by atoms with van der Waals surface area (Å²) < 4.78 is 4.72. The van der Waals surface area contributed by atoms with Crippen molar-refractivity contribution in [2.24, 2.45) is 0 Å². The van der Waals surface area contributed by atoms with Gasteiger partial charge >= 0.3 is 5.97 Å². The van der Waals surface area contributed by atoms with E-state index in [1.54, 1.807) is 18.2 Å². The first-order valence-corrected chi connectivity index (χ1v) is 4.86. The van der Waals surface area contributed by atoms with Crippen LogP contribution in [0.3, 0.4) is 0 Å². The molecule has 0 bridgehead atoms. The predicted octanol–water partition coefficient (Wildman–Crippen LogP) is 1.46. The summed E-state index contributed by atoms with van der Waals surface area (Å²) in [6, 6.07) is 4.71. The normalized spacial score (nSPS) is 10.6. The Kier molecular flexibility index (Phi) is 4.54. The molecular formula is C12H14O4. The van der Waals surface area contributed by atoms with E-state index >= 15 is 0 Å². The average molecular weight is 222 g/mol. The molecule has 1 aromatic rings. The van der Waals surface area contributed by atoms with Gasteiger partial charge in [0.15, 0.2) is 0 Å². The Morgan fingerprint density at radius 2 is 2.25 bits per heavy atom. The number of phenols is 1. The number of carbonyl (C=O) groups is 1. The van der Waals surface area contributed by atoms with E-state index in [-0.39, 0.29) is 24.9 Å². The molecule has 0 atom stereocenters. The molecule has 0 radical (unpaired) electrons. The molecule has 0 aromatic heterocycles. The molecule has 0 spiro atoms. The minimum atomic E-state index is -0.335. The first-order chi connectivity index (χ1) is 7.63. The maximum Gasteiger partial charge on any atom is 0.302 e. The van der Waals surface area contributed by atoms with Crippen LogP contribution in [-0.4, -0.2) is 22.8 Å². The highest BCUT2D eigenvalue weighted by Crippen LogP contribution is 2.17. The van der Waals surface area contributed by atoms with Crippen LogP contribution in [-0.2, 0) is 16.1 Å². The van der Waals surface area contributed by atoms with Gasteiger partial charge < -0.3 is 14.9 Å². The van der Waals surface area contributed by atoms with Gasteiger partial charge in [0.25, 0.3) is 0 Å². The molecule has 0 fully saturated rings. The molecule has 0 aliphatic carbocycles. The van der Waals surface area contributed by atoms with Crippen LogP contribution in [0.2, 0.25) is 0 Å². The number of rotatable bonds is 4. The van der Waals surface area contributed by atoms with Gasteiger partial charge in [-0.15, -0.1) is 0 Å². The molecule has 0 aliphatic heterocycles. The average Bonchev–Trinajstić information content (AvgIpc) is 2.25. The molecule has 4 nitrogen and oxygen atoms in total. The van der Waals surface area contributed by atoms with Gasteiger partial charge in [-0.25, -0.2) is 0 Å². The second kappa shape index (κ2) is 5.92. The Morgan fingerprint density at radius 3 is 2.88 bits per heavy atom. The van der Waals surface area contributed by atoms with Crippen molar-refractivity contribution in [3.8, 4) is 5.75 Å². The van der Waals surface area contributed by atoms with Crippen LogP contribution in [0.5, 0.6) is 5.75 Å². The zero-order valence-electron chi connectivity index (χ0n) is 9.01. The third-order valence-electron chi connectivity index (χ3n) is 1.98. The van der Waals surface area contributed by atoms with E-state index in [4.69, 9.17) is 9.84 Å². The van der Waals surface area contributed by atoms with Crippen molar-refractivity contribution in [2.45, 2.75) is 13.5 Å². The van der Waals surface area contributed by atoms with Crippen LogP contribution in [0.4, 0.5) is 0 Å². The molecule has 1 aromatic carbocycles. The number of carbonyl (C=O) groups excluding carboxylic acids is 1. The van der Waals surface area contributed by atoms with Gasteiger partial charge in [0.05, 0.1) is 6.61 Å². The van der Waals surface area contributed by atoms with Crippen molar-refractivity contribution in [2.75, 3.05) is 6.61 Å². The number of aromatic hydroxyl groups is 1. The third-order valence-corrected chi connectivity index (χ3v) is 1.98. The highest BCUT2D eigenvalue weighted by atomic mass is 16.5. The highest BCUT2D eigenvalue weighted by molar-refractivity contribution is 5.66. The maximum absolute atomic E-state index is 10.5. The minimum absolute atomic E-state index is 0.112. The number of hydrogen-bond donors (Lipinski definition) is 2. The third kappa shape index (κ3) is 3.74. The summed E-state index contributed by atoms with van der Waals surface area (Å²) in [5.74, 6) is -0.223. The number of phenolic OH excluding ortho intramolecular Hbond substituents is 1. The van der Waals surface area contributed by atoms with Gasteiger partial charge in [0.1, 0.15) is 12.4 Å². The van der Waals surface area contributed by atoms with Crippen LogP contribution < -0.4 is 0 Å². The molecule has 4 heteroatoms. The number of aliphatic hydroxyl groups is 1. The smallest absolute Gasteiger partial charge is 0.302 e. The lowest BCUT2D eigenvalue weighted by molar-refractivity contribution is -0.139. The van der Waals surface area contributed by atoms with Crippen molar-refractivity contribution in [3.63, 3.8) is 0 Å². The van der Waals surface area contributed by atoms with Gasteiger partial charge in [0.2, 0.25) is 0 Å². The fourth-order valence-electron chi connectivity index (χ4n) is 1.23. The van der Waals surface area contributed by atoms with E-state index in [1.165, 1.54) is 19.1 Å². The van der Waals surface area contributed by atoms with Gasteiger partial charge in [-0.05, 0) is 29.3 Å². The Balaban J connectivity index is 2.69. The second-order valence-electron chi connectivity index (χ2n) is 3.25. The standard InChI is InChI=1S/C12H14O4/c1-9(14)16-6-2-3-10-4-5-12(15)7-11(10)8-13/h2-5,7,13,15H,6,8H2,1H3/b3-2-. The number of esters is 1. The summed E-state index contributed by atoms with van der Waals surface area (Å²) in [7, 11) is 0. The van der Waals surface area contributed by atoms with Crippen molar-refractivity contribution in [1.82, 2.24) is 0 Å². The minimum Gasteiger partial charge on any atom is -0.508 e. The van der Waals surface area contributed by atoms with E-state index in [2.05, 4.69) is 0 Å². The monoisotopic (exact) mass is 222 g/mol. The molecule has 1 rings (SSSR count). The number of ether oxygens (including phenoxy) is 1. The first kappa shape index (κ1) is 12.3. The molecular weight excluding hydrogens is 208 g/mol. The highest BCUT2D eigenvalue weighted by Gasteiger charge is 1.99. The lowest BCUT2D eigenvalue weighted by Crippen LogP contribution is -1.97. The second-order valence-corrected chi connectivity index (χ2v) is 3.25. The van der Waals surface area contributed by atoms with E-state index in [0.717, 1.165) is 5.56 Å². The quantitative estimate of drug-likeness (QED) is 0.757. The summed E-state index contributed by atoms with van der Waals surface area (Å²) in [6.45, 7) is 1.39. The molecule has 0 unspecified atom stereocenters. The Hall–Kier alpha value is -1.81. The Bertz CT molecular complexity index is 396. The summed E-state index contributed by atoms with van der Waals surface area (Å²) in [6.07, 6.45) is 3.40. The zero-order valence-corrected chi connectivity index (χ0v) is 9.01. The van der Waals surface area contributed by atoms with Crippen LogP contribution in [0, 0.1) is 0 Å². The summed E-state index contributed by atoms with van der Waals surface area (Å²) in [5, 5.41) is 18.3. The molecule has 16 heavy (non-hydrogen) atoms. The van der Waals surface area contributed by atoms with Crippen molar-refractivity contribution in [3.05, 3.63) is 35.4 Å². The molecule has 0 amide bonds. The lowest BCUT2D eigenvalue weighted by Gasteiger charge is -2.03. The molecule has 0 saturated heterocycles. The van der Waals surface area contributed by atoms with Crippen molar-refractivity contribution >= 4 is 12.0 Å². The van der Waals surface area contributed by atoms with Crippen LogP contribution in [0.25, 0.3) is 6.08 Å². The Labute approximate surface area is 93.8 Å². The van der Waals surface area contributed by atoms with Crippen molar-refractivity contribution in [1.29, 1.82) is 0 Å². The van der Waals surface area contributed by atoms with Crippen LogP contribution in [0.1, 0.15) is 18.1 Å². The molecule has 0 saturated carbocycles. The van der Waals surface area contributed by atoms with E-state index in [9.17, 15) is 9.90 Å². The number of hydrogen-bond acceptors (Lipinski definition) is 4. The van der Waals surface area contributed by atoms with E-state index in [0.29, 0.717) is 5.56 Å². The predicted molar refractivity (Wildman–Crippen MR) is 59.7 cm³/mol. The fourth-order valence-corrected chi connectivity index (χ4v) is 1.23. The van der Waals surface area contributed by atoms with E-state index in [1.807, 2.05) is 0 Å². The van der Waals surface area contributed by atoms with Crippen LogP contribution >= 0.6 is 0 Å². The van der Waals surface area contributed by atoms with Crippen LogP contribution in [0.15, 0.2) is 24.3 Å². The van der Waals surface area contributed by atoms with Gasteiger partial charge in [-0.1, -0.05) is 12.1 Å². The number of aliphatic hydroxyl groups excluding tert-OH is 1. The molecule has 0 heterocycles. The molecule has 2 N–H and O–H groups in total. The summed E-state index contributed by atoms with van der Waals surface area (Å²) in [4.78, 5) is 10.5. The van der Waals surface area contributed by atoms with E-state index < -0.39 is 0 Å². The summed E-state index contributed by atoms with van der Waals surface area (Å²) >= 11 is 0. The summed E-state index contributed by atoms with van der Waals surface area (Å²) in [5.41, 5.74) is 1.41. The number of benzene rings is 1. The first-order valence-electron chi connectivity index (χ1n) is 4.86. The molecule has 0 aliphatic rings. The largest absolute Gasteiger partial charge is 0.508 e. The topological polar surface area (TPSA) is 66.8 Å². The lowest BCUT2D eigenvalue weighted by atomic mass is 10.1. The SMILES string of the molecule is CC(=O)OC/C=C\c1ccc(O)cc1CO. The van der Waals surface area contributed by atoms with Crippen molar-refractivity contribution < 1.29 is 19.7 Å². The zero-order chi connectivity index (χ0) is 12.0.